The monoisotopic (exact) mass is 481 g/mol. The van der Waals surface area contributed by atoms with E-state index in [4.69, 9.17) is 0 Å². The molecule has 0 aliphatic heterocycles. The Balaban J connectivity index is 1.83. The first kappa shape index (κ1) is 21.3. The van der Waals surface area contributed by atoms with Crippen LogP contribution >= 0.6 is 27.7 Å². The first-order valence-electron chi connectivity index (χ1n) is 8.47. The molecule has 0 spiro atoms. The van der Waals surface area contributed by atoms with Crippen LogP contribution in [0.2, 0.25) is 0 Å². The third kappa shape index (κ3) is 5.80. The van der Waals surface area contributed by atoms with Crippen LogP contribution in [-0.2, 0) is 11.0 Å². The molecular weight excluding hydrogens is 467 g/mol. The number of carbonyl (C=O) groups is 1. The Labute approximate surface area is 178 Å². The zero-order chi connectivity index (χ0) is 21.0. The van der Waals surface area contributed by atoms with Crippen LogP contribution in [0.15, 0.2) is 70.3 Å². The van der Waals surface area contributed by atoms with Crippen molar-refractivity contribution < 1.29 is 18.0 Å². The summed E-state index contributed by atoms with van der Waals surface area (Å²) in [4.78, 5) is 20.3. The van der Waals surface area contributed by atoms with Gasteiger partial charge in [0.2, 0.25) is 5.91 Å². The highest BCUT2D eigenvalue weighted by atomic mass is 79.9. The molecule has 2 aromatic carbocycles. The molecule has 0 radical (unpaired) electrons. The molecule has 0 aliphatic rings. The number of aromatic nitrogens is 2. The molecule has 0 bridgehead atoms. The summed E-state index contributed by atoms with van der Waals surface area (Å²) in [5, 5.41) is 1.91. The van der Waals surface area contributed by atoms with Crippen molar-refractivity contribution >= 4 is 39.3 Å². The van der Waals surface area contributed by atoms with Crippen LogP contribution in [0.25, 0.3) is 11.3 Å². The number of hydrogen-bond acceptors (Lipinski definition) is 4. The Morgan fingerprint density at radius 2 is 1.72 bits per heavy atom. The standard InChI is InChI=1S/C20H15BrF3N3OS/c1-12(18(28)25-15-9-7-14(21)8-10-15)29-19-26-16(13-5-3-2-4-6-13)11-17(27-19)20(22,23)24/h2-12H,1H3,(H,25,28)/t12-/m0/s1. The fourth-order valence-corrected chi connectivity index (χ4v) is 3.42. The van der Waals surface area contributed by atoms with E-state index in [9.17, 15) is 18.0 Å². The summed E-state index contributed by atoms with van der Waals surface area (Å²) in [6.45, 7) is 1.59. The predicted molar refractivity (Wildman–Crippen MR) is 111 cm³/mol. The first-order valence-corrected chi connectivity index (χ1v) is 10.1. The van der Waals surface area contributed by atoms with E-state index >= 15 is 0 Å². The van der Waals surface area contributed by atoms with Gasteiger partial charge in [0.1, 0.15) is 5.69 Å². The minimum absolute atomic E-state index is 0.114. The average Bonchev–Trinajstić information content (AvgIpc) is 2.69. The lowest BCUT2D eigenvalue weighted by atomic mass is 10.1. The zero-order valence-corrected chi connectivity index (χ0v) is 17.5. The third-order valence-electron chi connectivity index (χ3n) is 3.83. The van der Waals surface area contributed by atoms with Crippen molar-refractivity contribution in [2.45, 2.75) is 23.5 Å². The molecule has 0 unspecified atom stereocenters. The molecule has 0 saturated heterocycles. The summed E-state index contributed by atoms with van der Waals surface area (Å²) in [7, 11) is 0. The van der Waals surface area contributed by atoms with Gasteiger partial charge in [0.05, 0.1) is 10.9 Å². The molecule has 150 valence electrons. The normalized spacial score (nSPS) is 12.4. The van der Waals surface area contributed by atoms with Crippen LogP contribution in [0.3, 0.4) is 0 Å². The van der Waals surface area contributed by atoms with Crippen LogP contribution in [0.5, 0.6) is 0 Å². The highest BCUT2D eigenvalue weighted by Gasteiger charge is 2.34. The van der Waals surface area contributed by atoms with Gasteiger partial charge in [-0.05, 0) is 37.3 Å². The van der Waals surface area contributed by atoms with Gasteiger partial charge in [0.25, 0.3) is 0 Å². The van der Waals surface area contributed by atoms with Crippen molar-refractivity contribution in [1.82, 2.24) is 9.97 Å². The number of carbonyl (C=O) groups excluding carboxylic acids is 1. The summed E-state index contributed by atoms with van der Waals surface area (Å²) in [5.41, 5.74) is 0.222. The van der Waals surface area contributed by atoms with Gasteiger partial charge in [-0.25, -0.2) is 9.97 Å². The Hall–Kier alpha value is -2.39. The third-order valence-corrected chi connectivity index (χ3v) is 5.32. The molecule has 0 fully saturated rings. The molecular formula is C20H15BrF3N3OS. The molecule has 3 rings (SSSR count). The van der Waals surface area contributed by atoms with Crippen LogP contribution in [0.4, 0.5) is 18.9 Å². The first-order chi connectivity index (χ1) is 13.7. The van der Waals surface area contributed by atoms with Gasteiger partial charge in [-0.15, -0.1) is 0 Å². The van der Waals surface area contributed by atoms with Crippen molar-refractivity contribution in [3.05, 3.63) is 70.8 Å². The Morgan fingerprint density at radius 1 is 1.07 bits per heavy atom. The summed E-state index contributed by atoms with van der Waals surface area (Å²) >= 11 is 4.18. The topological polar surface area (TPSA) is 54.9 Å². The molecule has 1 amide bonds. The van der Waals surface area contributed by atoms with Crippen molar-refractivity contribution in [2.24, 2.45) is 0 Å². The van der Waals surface area contributed by atoms with E-state index in [1.807, 2.05) is 0 Å². The molecule has 1 aromatic heterocycles. The largest absolute Gasteiger partial charge is 0.433 e. The van der Waals surface area contributed by atoms with Crippen molar-refractivity contribution in [3.8, 4) is 11.3 Å². The van der Waals surface area contributed by atoms with E-state index in [2.05, 4.69) is 31.2 Å². The number of anilines is 1. The quantitative estimate of drug-likeness (QED) is 0.356. The Morgan fingerprint density at radius 3 is 2.34 bits per heavy atom. The lowest BCUT2D eigenvalue weighted by Gasteiger charge is -2.14. The minimum atomic E-state index is -4.62. The Bertz CT molecular complexity index is 998. The molecule has 9 heteroatoms. The van der Waals surface area contributed by atoms with E-state index in [-0.39, 0.29) is 16.8 Å². The number of amides is 1. The second-order valence-corrected chi connectivity index (χ2v) is 8.26. The zero-order valence-electron chi connectivity index (χ0n) is 15.1. The number of alkyl halides is 3. The highest BCUT2D eigenvalue weighted by Crippen LogP contribution is 2.33. The second-order valence-electron chi connectivity index (χ2n) is 6.04. The number of nitrogens with zero attached hydrogens (tertiary/aromatic N) is 2. The smallest absolute Gasteiger partial charge is 0.325 e. The molecule has 4 nitrogen and oxygen atoms in total. The maximum Gasteiger partial charge on any atom is 0.433 e. The van der Waals surface area contributed by atoms with Gasteiger partial charge in [0, 0.05) is 15.7 Å². The summed E-state index contributed by atoms with van der Waals surface area (Å²) in [6, 6.07) is 16.4. The van der Waals surface area contributed by atoms with E-state index in [0.29, 0.717) is 11.3 Å². The maximum atomic E-state index is 13.3. The Kier molecular flexibility index (Phi) is 6.59. The number of benzene rings is 2. The maximum absolute atomic E-state index is 13.3. The minimum Gasteiger partial charge on any atom is -0.325 e. The molecule has 29 heavy (non-hydrogen) atoms. The van der Waals surface area contributed by atoms with Crippen LogP contribution in [-0.4, -0.2) is 21.1 Å². The molecule has 3 aromatic rings. The summed E-state index contributed by atoms with van der Waals surface area (Å²) in [5.74, 6) is -0.361. The van der Waals surface area contributed by atoms with Gasteiger partial charge in [-0.2, -0.15) is 13.2 Å². The van der Waals surface area contributed by atoms with Crippen molar-refractivity contribution in [2.75, 3.05) is 5.32 Å². The molecule has 1 N–H and O–H groups in total. The highest BCUT2D eigenvalue weighted by molar-refractivity contribution is 9.10. The van der Waals surface area contributed by atoms with Gasteiger partial charge in [-0.1, -0.05) is 58.0 Å². The van der Waals surface area contributed by atoms with Gasteiger partial charge in [-0.3, -0.25) is 4.79 Å². The van der Waals surface area contributed by atoms with E-state index in [0.717, 1.165) is 22.3 Å². The van der Waals surface area contributed by atoms with E-state index < -0.39 is 17.1 Å². The number of thioether (sulfide) groups is 1. The van der Waals surface area contributed by atoms with Gasteiger partial charge in [0.15, 0.2) is 5.16 Å². The van der Waals surface area contributed by atoms with Crippen LogP contribution < -0.4 is 5.32 Å². The summed E-state index contributed by atoms with van der Waals surface area (Å²) in [6.07, 6.45) is -4.62. The summed E-state index contributed by atoms with van der Waals surface area (Å²) < 4.78 is 40.8. The molecule has 0 aliphatic carbocycles. The lowest BCUT2D eigenvalue weighted by molar-refractivity contribution is -0.141. The fourth-order valence-electron chi connectivity index (χ4n) is 2.37. The predicted octanol–water partition coefficient (Wildman–Crippen LogP) is 6.04. The number of hydrogen-bond donors (Lipinski definition) is 1. The van der Waals surface area contributed by atoms with E-state index in [1.54, 1.807) is 61.5 Å². The second kappa shape index (κ2) is 8.96. The average molecular weight is 482 g/mol. The van der Waals surface area contributed by atoms with Crippen LogP contribution in [0, 0.1) is 0 Å². The number of nitrogens with one attached hydrogen (secondary N) is 1. The molecule has 1 heterocycles. The lowest BCUT2D eigenvalue weighted by Crippen LogP contribution is -2.23. The van der Waals surface area contributed by atoms with E-state index in [1.165, 1.54) is 0 Å². The fraction of sp³-hybridized carbons (Fsp3) is 0.150. The molecule has 0 saturated carbocycles. The number of rotatable bonds is 5. The SMILES string of the molecule is C[C@H](Sc1nc(-c2ccccc2)cc(C(F)(F)F)n1)C(=O)Nc1ccc(Br)cc1. The van der Waals surface area contributed by atoms with Crippen LogP contribution in [0.1, 0.15) is 12.6 Å². The number of halogens is 4. The van der Waals surface area contributed by atoms with Crippen molar-refractivity contribution in [1.29, 1.82) is 0 Å². The van der Waals surface area contributed by atoms with Gasteiger partial charge < -0.3 is 5.32 Å². The van der Waals surface area contributed by atoms with Crippen molar-refractivity contribution in [3.63, 3.8) is 0 Å². The molecule has 1 atom stereocenters. The van der Waals surface area contributed by atoms with Gasteiger partial charge >= 0.3 is 6.18 Å².